The van der Waals surface area contributed by atoms with E-state index < -0.39 is 10.0 Å². The zero-order valence-corrected chi connectivity index (χ0v) is 13.9. The second kappa shape index (κ2) is 6.99. The summed E-state index contributed by atoms with van der Waals surface area (Å²) in [5.74, 6) is -0.0965. The van der Waals surface area contributed by atoms with Crippen molar-refractivity contribution in [2.75, 3.05) is 18.9 Å². The number of carbonyl (C=O) groups is 1. The maximum Gasteiger partial charge on any atom is 0.240 e. The van der Waals surface area contributed by atoms with Crippen LogP contribution in [0.4, 0.5) is 5.13 Å². The number of nitrogens with one attached hydrogen (secondary N) is 2. The minimum absolute atomic E-state index is 0.0965. The van der Waals surface area contributed by atoms with Crippen molar-refractivity contribution in [3.05, 3.63) is 40.9 Å². The molecule has 2 N–H and O–H groups in total. The van der Waals surface area contributed by atoms with Crippen LogP contribution in [-0.4, -0.2) is 32.8 Å². The molecular weight excluding hydrogens is 322 g/mol. The van der Waals surface area contributed by atoms with E-state index >= 15 is 0 Å². The highest BCUT2D eigenvalue weighted by Gasteiger charge is 2.14. The van der Waals surface area contributed by atoms with Gasteiger partial charge in [0.15, 0.2) is 10.9 Å². The van der Waals surface area contributed by atoms with Crippen LogP contribution in [0.15, 0.2) is 34.5 Å². The maximum absolute atomic E-state index is 12.1. The van der Waals surface area contributed by atoms with Crippen LogP contribution in [0.2, 0.25) is 0 Å². The van der Waals surface area contributed by atoms with Gasteiger partial charge in [-0.05, 0) is 19.1 Å². The molecule has 0 aliphatic heterocycles. The topological polar surface area (TPSA) is 88.2 Å². The molecule has 118 valence electrons. The SMILES string of the molecule is CNc1nc(CCNS(=O)(=O)c2ccc(C(C)=O)cc2)cs1. The van der Waals surface area contributed by atoms with Gasteiger partial charge in [0, 0.05) is 31.0 Å². The van der Waals surface area contributed by atoms with Crippen molar-refractivity contribution in [2.45, 2.75) is 18.2 Å². The second-order valence-corrected chi connectivity index (χ2v) is 7.25. The predicted octanol–water partition coefficient (Wildman–Crippen LogP) is 1.91. The van der Waals surface area contributed by atoms with Gasteiger partial charge in [-0.2, -0.15) is 0 Å². The van der Waals surface area contributed by atoms with Crippen molar-refractivity contribution < 1.29 is 13.2 Å². The summed E-state index contributed by atoms with van der Waals surface area (Å²) in [6.45, 7) is 1.71. The van der Waals surface area contributed by atoms with Crippen molar-refractivity contribution >= 4 is 32.3 Å². The van der Waals surface area contributed by atoms with E-state index in [1.165, 1.54) is 42.5 Å². The summed E-state index contributed by atoms with van der Waals surface area (Å²) in [6, 6.07) is 5.88. The average Bonchev–Trinajstić information content (AvgIpc) is 2.95. The number of anilines is 1. The summed E-state index contributed by atoms with van der Waals surface area (Å²) in [6.07, 6.45) is 0.517. The number of nitrogens with zero attached hydrogens (tertiary/aromatic N) is 1. The third-order valence-corrected chi connectivity index (χ3v) is 5.40. The minimum Gasteiger partial charge on any atom is -0.365 e. The van der Waals surface area contributed by atoms with Gasteiger partial charge >= 0.3 is 0 Å². The summed E-state index contributed by atoms with van der Waals surface area (Å²) < 4.78 is 26.8. The summed E-state index contributed by atoms with van der Waals surface area (Å²) in [7, 11) is -1.79. The number of benzene rings is 1. The van der Waals surface area contributed by atoms with Crippen LogP contribution in [0.3, 0.4) is 0 Å². The number of sulfonamides is 1. The van der Waals surface area contributed by atoms with Gasteiger partial charge in [-0.3, -0.25) is 4.79 Å². The summed E-state index contributed by atoms with van der Waals surface area (Å²) >= 11 is 1.48. The first-order chi connectivity index (χ1) is 10.4. The van der Waals surface area contributed by atoms with E-state index in [1.54, 1.807) is 7.05 Å². The molecule has 2 rings (SSSR count). The van der Waals surface area contributed by atoms with Crippen LogP contribution in [-0.2, 0) is 16.4 Å². The van der Waals surface area contributed by atoms with Crippen molar-refractivity contribution in [1.29, 1.82) is 0 Å². The quantitative estimate of drug-likeness (QED) is 0.752. The molecule has 8 heteroatoms. The molecule has 0 fully saturated rings. The first-order valence-corrected chi connectivity index (χ1v) is 9.01. The molecule has 0 unspecified atom stereocenters. The second-order valence-electron chi connectivity index (χ2n) is 4.62. The summed E-state index contributed by atoms with van der Waals surface area (Å²) in [5, 5.41) is 5.63. The third-order valence-electron chi connectivity index (χ3n) is 3.01. The number of thiazole rings is 1. The van der Waals surface area contributed by atoms with E-state index in [1.807, 2.05) is 5.38 Å². The monoisotopic (exact) mass is 339 g/mol. The number of hydrogen-bond acceptors (Lipinski definition) is 6. The van der Waals surface area contributed by atoms with Gasteiger partial charge in [0.25, 0.3) is 0 Å². The molecule has 1 aromatic heterocycles. The van der Waals surface area contributed by atoms with E-state index in [-0.39, 0.29) is 17.2 Å². The van der Waals surface area contributed by atoms with E-state index in [4.69, 9.17) is 0 Å². The first-order valence-electron chi connectivity index (χ1n) is 6.65. The molecule has 0 spiro atoms. The van der Waals surface area contributed by atoms with Gasteiger partial charge in [0.1, 0.15) is 0 Å². The van der Waals surface area contributed by atoms with Gasteiger partial charge < -0.3 is 5.32 Å². The molecule has 1 aromatic carbocycles. The Morgan fingerprint density at radius 3 is 2.50 bits per heavy atom. The highest BCUT2D eigenvalue weighted by atomic mass is 32.2. The van der Waals surface area contributed by atoms with Gasteiger partial charge in [0.05, 0.1) is 10.6 Å². The summed E-state index contributed by atoms with van der Waals surface area (Å²) in [5.41, 5.74) is 1.32. The molecule has 0 saturated carbocycles. The molecule has 0 aliphatic rings. The Morgan fingerprint density at radius 1 is 1.27 bits per heavy atom. The van der Waals surface area contributed by atoms with E-state index in [2.05, 4.69) is 15.0 Å². The number of hydrogen-bond donors (Lipinski definition) is 2. The Balaban J connectivity index is 1.97. The molecule has 22 heavy (non-hydrogen) atoms. The maximum atomic E-state index is 12.1. The third kappa shape index (κ3) is 4.12. The molecule has 0 amide bonds. The average molecular weight is 339 g/mol. The largest absolute Gasteiger partial charge is 0.365 e. The van der Waals surface area contributed by atoms with Crippen LogP contribution < -0.4 is 10.0 Å². The highest BCUT2D eigenvalue weighted by molar-refractivity contribution is 7.89. The van der Waals surface area contributed by atoms with E-state index in [0.717, 1.165) is 10.8 Å². The van der Waals surface area contributed by atoms with Crippen LogP contribution in [0.1, 0.15) is 23.0 Å². The lowest BCUT2D eigenvalue weighted by Gasteiger charge is -2.06. The zero-order valence-electron chi connectivity index (χ0n) is 12.3. The Labute approximate surface area is 133 Å². The Hall–Kier alpha value is -1.77. The fourth-order valence-corrected chi connectivity index (χ4v) is 3.54. The van der Waals surface area contributed by atoms with E-state index in [9.17, 15) is 13.2 Å². The zero-order chi connectivity index (χ0) is 16.2. The van der Waals surface area contributed by atoms with Crippen LogP contribution in [0.5, 0.6) is 0 Å². The molecule has 0 radical (unpaired) electrons. The normalized spacial score (nSPS) is 11.4. The van der Waals surface area contributed by atoms with Crippen LogP contribution in [0.25, 0.3) is 0 Å². The van der Waals surface area contributed by atoms with Gasteiger partial charge in [-0.15, -0.1) is 11.3 Å². The molecule has 6 nitrogen and oxygen atoms in total. The molecule has 0 aliphatic carbocycles. The lowest BCUT2D eigenvalue weighted by Crippen LogP contribution is -2.26. The smallest absolute Gasteiger partial charge is 0.240 e. The molecule has 0 saturated heterocycles. The fraction of sp³-hybridized carbons (Fsp3) is 0.286. The molecule has 0 atom stereocenters. The minimum atomic E-state index is -3.57. The Morgan fingerprint density at radius 2 is 1.95 bits per heavy atom. The number of rotatable bonds is 7. The number of ketones is 1. The van der Waals surface area contributed by atoms with Gasteiger partial charge in [-0.25, -0.2) is 18.1 Å². The molecule has 2 aromatic rings. The van der Waals surface area contributed by atoms with Crippen molar-refractivity contribution in [1.82, 2.24) is 9.71 Å². The summed E-state index contributed by atoms with van der Waals surface area (Å²) in [4.78, 5) is 15.6. The van der Waals surface area contributed by atoms with E-state index in [0.29, 0.717) is 12.0 Å². The van der Waals surface area contributed by atoms with Gasteiger partial charge in [-0.1, -0.05) is 12.1 Å². The number of Topliss-reactive ketones (excluding diaryl/α,β-unsaturated/α-hetero) is 1. The lowest BCUT2D eigenvalue weighted by molar-refractivity contribution is 0.101. The number of aromatic nitrogens is 1. The van der Waals surface area contributed by atoms with Crippen LogP contribution >= 0.6 is 11.3 Å². The molecular formula is C14H17N3O3S2. The number of carbonyl (C=O) groups excluding carboxylic acids is 1. The fourth-order valence-electron chi connectivity index (χ4n) is 1.80. The first kappa shape index (κ1) is 16.6. The lowest BCUT2D eigenvalue weighted by atomic mass is 10.2. The van der Waals surface area contributed by atoms with Crippen molar-refractivity contribution in [2.24, 2.45) is 0 Å². The Kier molecular flexibility index (Phi) is 5.28. The van der Waals surface area contributed by atoms with Crippen molar-refractivity contribution in [3.8, 4) is 0 Å². The molecule has 1 heterocycles. The highest BCUT2D eigenvalue weighted by Crippen LogP contribution is 2.15. The van der Waals surface area contributed by atoms with Crippen LogP contribution in [0, 0.1) is 0 Å². The molecule has 0 bridgehead atoms. The van der Waals surface area contributed by atoms with Crippen molar-refractivity contribution in [3.63, 3.8) is 0 Å². The van der Waals surface area contributed by atoms with Gasteiger partial charge in [0.2, 0.25) is 10.0 Å². The standard InChI is InChI=1S/C14H17N3O3S2/c1-10(18)11-3-5-13(6-4-11)22(19,20)16-8-7-12-9-21-14(15-2)17-12/h3-6,9,16H,7-8H2,1-2H3,(H,15,17). The predicted molar refractivity (Wildman–Crippen MR) is 87.0 cm³/mol. The Bertz CT molecular complexity index is 752.